The average molecular weight is 399 g/mol. The van der Waals surface area contributed by atoms with E-state index < -0.39 is 0 Å². The molecule has 0 fully saturated rings. The van der Waals surface area contributed by atoms with E-state index in [-0.39, 0.29) is 5.75 Å². The van der Waals surface area contributed by atoms with Crippen molar-refractivity contribution in [2.24, 2.45) is 0 Å². The molecule has 1 N–H and O–H groups in total. The van der Waals surface area contributed by atoms with Crippen LogP contribution in [-0.4, -0.2) is 35.2 Å². The largest absolute Gasteiger partial charge is 0.504 e. The highest BCUT2D eigenvalue weighted by molar-refractivity contribution is 6.09. The van der Waals surface area contributed by atoms with Gasteiger partial charge < -0.3 is 9.84 Å². The number of pyridine rings is 1. The first-order valence-electron chi connectivity index (χ1n) is 10.6. The summed E-state index contributed by atoms with van der Waals surface area (Å²) in [5, 5.41) is 13.9. The van der Waals surface area contributed by atoms with E-state index in [1.54, 1.807) is 13.2 Å². The molecule has 0 radical (unpaired) electrons. The van der Waals surface area contributed by atoms with Crippen molar-refractivity contribution in [2.75, 3.05) is 20.2 Å². The maximum absolute atomic E-state index is 10.1. The van der Waals surface area contributed by atoms with Crippen molar-refractivity contribution in [3.8, 4) is 22.8 Å². The van der Waals surface area contributed by atoms with E-state index in [1.165, 1.54) is 27.3 Å². The highest BCUT2D eigenvalue weighted by Gasteiger charge is 2.24. The zero-order chi connectivity index (χ0) is 20.7. The van der Waals surface area contributed by atoms with Gasteiger partial charge in [-0.2, -0.15) is 0 Å². The molecule has 1 aromatic heterocycles. The van der Waals surface area contributed by atoms with Crippen LogP contribution >= 0.6 is 0 Å². The highest BCUT2D eigenvalue weighted by Crippen LogP contribution is 2.39. The van der Waals surface area contributed by atoms with Crippen LogP contribution in [0, 0.1) is 0 Å². The summed E-state index contributed by atoms with van der Waals surface area (Å²) in [6.07, 6.45) is 2.16. The van der Waals surface area contributed by atoms with E-state index in [9.17, 15) is 5.11 Å². The molecule has 0 unspecified atom stereocenters. The topological polar surface area (TPSA) is 45.6 Å². The molecule has 4 nitrogen and oxygen atoms in total. The van der Waals surface area contributed by atoms with Crippen molar-refractivity contribution in [1.82, 2.24) is 9.88 Å². The second kappa shape index (κ2) is 7.62. The van der Waals surface area contributed by atoms with Crippen molar-refractivity contribution in [3.63, 3.8) is 0 Å². The second-order valence-electron chi connectivity index (χ2n) is 8.01. The van der Waals surface area contributed by atoms with E-state index >= 15 is 0 Å². The first-order chi connectivity index (χ1) is 14.7. The van der Waals surface area contributed by atoms with Gasteiger partial charge in [-0.15, -0.1) is 0 Å². The molecule has 4 aromatic rings. The molecule has 0 saturated carbocycles. The fourth-order valence-electron chi connectivity index (χ4n) is 4.74. The number of aromatic hydroxyl groups is 1. The third kappa shape index (κ3) is 3.08. The molecule has 0 bridgehead atoms. The molecule has 1 aliphatic heterocycles. The summed E-state index contributed by atoms with van der Waals surface area (Å²) in [6.45, 7) is 5.29. The maximum atomic E-state index is 10.1. The van der Waals surface area contributed by atoms with Crippen LogP contribution in [0.4, 0.5) is 0 Å². The zero-order valence-electron chi connectivity index (χ0n) is 17.5. The molecule has 1 aliphatic rings. The van der Waals surface area contributed by atoms with Crippen LogP contribution in [-0.2, 0) is 13.0 Å². The smallest absolute Gasteiger partial charge is 0.161 e. The molecule has 152 valence electrons. The standard InChI is InChI=1S/C26H26N2O2/c1-3-13-28-14-12-20-21(16-28)26(18-9-11-23(29)24(15-18)30-2)27-22-10-8-17-6-4-5-7-19(17)25(20)22/h4-11,15,29H,3,12-14,16H2,1-2H3. The van der Waals surface area contributed by atoms with E-state index in [2.05, 4.69) is 48.2 Å². The molecule has 2 heterocycles. The molecule has 0 amide bonds. The van der Waals surface area contributed by atoms with E-state index in [0.29, 0.717) is 5.75 Å². The third-order valence-corrected chi connectivity index (χ3v) is 6.14. The van der Waals surface area contributed by atoms with Crippen molar-refractivity contribution in [3.05, 3.63) is 65.7 Å². The summed E-state index contributed by atoms with van der Waals surface area (Å²) in [5.74, 6) is 0.623. The number of hydrogen-bond acceptors (Lipinski definition) is 4. The Morgan fingerprint density at radius 2 is 1.93 bits per heavy atom. The Hall–Kier alpha value is -3.11. The number of phenols is 1. The fraction of sp³-hybridized carbons (Fsp3) is 0.269. The molecule has 3 aromatic carbocycles. The minimum absolute atomic E-state index is 0.148. The minimum atomic E-state index is 0.148. The molecule has 0 aliphatic carbocycles. The normalized spacial score (nSPS) is 14.2. The fourth-order valence-corrected chi connectivity index (χ4v) is 4.74. The number of benzene rings is 3. The number of phenolic OH excluding ortho intramolecular Hbond substituents is 1. The van der Waals surface area contributed by atoms with Crippen molar-refractivity contribution >= 4 is 21.7 Å². The maximum Gasteiger partial charge on any atom is 0.161 e. The number of nitrogens with zero attached hydrogens (tertiary/aromatic N) is 2. The van der Waals surface area contributed by atoms with Crippen LogP contribution in [0.25, 0.3) is 32.9 Å². The van der Waals surface area contributed by atoms with Gasteiger partial charge in [0.05, 0.1) is 18.3 Å². The predicted octanol–water partition coefficient (Wildman–Crippen LogP) is 5.54. The van der Waals surface area contributed by atoms with Crippen LogP contribution in [0.2, 0.25) is 0 Å². The zero-order valence-corrected chi connectivity index (χ0v) is 17.5. The van der Waals surface area contributed by atoms with Gasteiger partial charge in [-0.25, -0.2) is 4.98 Å². The number of methoxy groups -OCH3 is 1. The van der Waals surface area contributed by atoms with Crippen molar-refractivity contribution in [2.45, 2.75) is 26.3 Å². The minimum Gasteiger partial charge on any atom is -0.504 e. The van der Waals surface area contributed by atoms with Gasteiger partial charge in [-0.1, -0.05) is 37.3 Å². The average Bonchev–Trinajstić information content (AvgIpc) is 2.78. The monoisotopic (exact) mass is 398 g/mol. The number of aromatic nitrogens is 1. The molecule has 0 spiro atoms. The van der Waals surface area contributed by atoms with Gasteiger partial charge in [0.1, 0.15) is 0 Å². The second-order valence-corrected chi connectivity index (χ2v) is 8.01. The third-order valence-electron chi connectivity index (χ3n) is 6.14. The van der Waals surface area contributed by atoms with E-state index in [1.807, 2.05) is 12.1 Å². The Morgan fingerprint density at radius 3 is 2.77 bits per heavy atom. The Bertz CT molecular complexity index is 1250. The predicted molar refractivity (Wildman–Crippen MR) is 122 cm³/mol. The molecule has 4 heteroatoms. The summed E-state index contributed by atoms with van der Waals surface area (Å²) >= 11 is 0. The number of rotatable bonds is 4. The van der Waals surface area contributed by atoms with Gasteiger partial charge in [0.25, 0.3) is 0 Å². The SMILES string of the molecule is CCCN1CCc2c(c(-c3ccc(O)c(OC)c3)nc3ccc4ccccc4c23)C1. The Kier molecular flexibility index (Phi) is 4.80. The highest BCUT2D eigenvalue weighted by atomic mass is 16.5. The van der Waals surface area contributed by atoms with Gasteiger partial charge in [0, 0.05) is 24.0 Å². The summed E-state index contributed by atoms with van der Waals surface area (Å²) in [6, 6.07) is 18.4. The summed E-state index contributed by atoms with van der Waals surface area (Å²) in [5.41, 5.74) is 5.71. The van der Waals surface area contributed by atoms with Crippen LogP contribution in [0.3, 0.4) is 0 Å². The first-order valence-corrected chi connectivity index (χ1v) is 10.6. The number of fused-ring (bicyclic) bond motifs is 5. The van der Waals surface area contributed by atoms with Crippen LogP contribution in [0.15, 0.2) is 54.6 Å². The van der Waals surface area contributed by atoms with Crippen molar-refractivity contribution in [1.29, 1.82) is 0 Å². The Balaban J connectivity index is 1.81. The Morgan fingerprint density at radius 1 is 1.07 bits per heavy atom. The molecule has 0 saturated heterocycles. The molecule has 0 atom stereocenters. The molecule has 5 rings (SSSR count). The van der Waals surface area contributed by atoms with E-state index in [0.717, 1.165) is 49.2 Å². The lowest BCUT2D eigenvalue weighted by molar-refractivity contribution is 0.255. The molecular weight excluding hydrogens is 372 g/mol. The lowest BCUT2D eigenvalue weighted by Gasteiger charge is -2.31. The lowest BCUT2D eigenvalue weighted by Crippen LogP contribution is -2.32. The Labute approximate surface area is 176 Å². The van der Waals surface area contributed by atoms with Crippen molar-refractivity contribution < 1.29 is 9.84 Å². The molecule has 30 heavy (non-hydrogen) atoms. The summed E-state index contributed by atoms with van der Waals surface area (Å²) in [7, 11) is 1.58. The van der Waals surface area contributed by atoms with Gasteiger partial charge in [0.15, 0.2) is 11.5 Å². The van der Waals surface area contributed by atoms with E-state index in [4.69, 9.17) is 9.72 Å². The quantitative estimate of drug-likeness (QED) is 0.459. The van der Waals surface area contributed by atoms with Gasteiger partial charge >= 0.3 is 0 Å². The van der Waals surface area contributed by atoms with Crippen LogP contribution in [0.1, 0.15) is 24.5 Å². The summed E-state index contributed by atoms with van der Waals surface area (Å²) in [4.78, 5) is 7.66. The van der Waals surface area contributed by atoms with Gasteiger partial charge in [-0.05, 0) is 65.6 Å². The lowest BCUT2D eigenvalue weighted by atomic mass is 9.89. The van der Waals surface area contributed by atoms with Crippen LogP contribution in [0.5, 0.6) is 11.5 Å². The van der Waals surface area contributed by atoms with Crippen LogP contribution < -0.4 is 4.74 Å². The number of hydrogen-bond donors (Lipinski definition) is 1. The summed E-state index contributed by atoms with van der Waals surface area (Å²) < 4.78 is 5.37. The number of ether oxygens (including phenoxy) is 1. The van der Waals surface area contributed by atoms with Gasteiger partial charge in [0.2, 0.25) is 0 Å². The van der Waals surface area contributed by atoms with Gasteiger partial charge in [-0.3, -0.25) is 4.90 Å². The first kappa shape index (κ1) is 18.9. The molecular formula is C26H26N2O2.